The first-order chi connectivity index (χ1) is 8.49. The first-order valence-electron chi connectivity index (χ1n) is 6.82. The minimum Gasteiger partial charge on any atom is -0.489 e. The molecule has 0 radical (unpaired) electrons. The van der Waals surface area contributed by atoms with E-state index in [0.717, 1.165) is 18.7 Å². The van der Waals surface area contributed by atoms with Crippen LogP contribution in [0.1, 0.15) is 46.6 Å². The lowest BCUT2D eigenvalue weighted by molar-refractivity contribution is 0.190. The molecule has 1 heterocycles. The van der Waals surface area contributed by atoms with Crippen molar-refractivity contribution in [2.24, 2.45) is 5.92 Å². The van der Waals surface area contributed by atoms with E-state index in [1.165, 1.54) is 5.56 Å². The van der Waals surface area contributed by atoms with Crippen LogP contribution in [0.4, 0.5) is 0 Å². The van der Waals surface area contributed by atoms with Crippen LogP contribution in [0.15, 0.2) is 18.5 Å². The number of nitrogens with one attached hydrogen (secondary N) is 1. The van der Waals surface area contributed by atoms with Crippen molar-refractivity contribution in [1.29, 1.82) is 0 Å². The zero-order valence-corrected chi connectivity index (χ0v) is 12.2. The summed E-state index contributed by atoms with van der Waals surface area (Å²) in [6.07, 6.45) is 4.92. The van der Waals surface area contributed by atoms with Gasteiger partial charge in [-0.15, -0.1) is 0 Å². The minimum atomic E-state index is 0.229. The number of ether oxygens (including phenoxy) is 1. The van der Waals surface area contributed by atoms with Crippen molar-refractivity contribution in [3.8, 4) is 5.75 Å². The molecule has 0 saturated carbocycles. The molecule has 1 rings (SSSR count). The zero-order chi connectivity index (χ0) is 13.5. The third-order valence-electron chi connectivity index (χ3n) is 2.70. The highest BCUT2D eigenvalue weighted by Crippen LogP contribution is 2.20. The largest absolute Gasteiger partial charge is 0.489 e. The lowest BCUT2D eigenvalue weighted by Crippen LogP contribution is -2.23. The van der Waals surface area contributed by atoms with Crippen molar-refractivity contribution in [2.45, 2.75) is 59.7 Å². The standard InChI is InChI=1S/C15H26N2O/c1-11(2)8-13(5)18-15-10-16-7-6-14(15)9-17-12(3)4/h6-7,10-13,17H,8-9H2,1-5H3. The summed E-state index contributed by atoms with van der Waals surface area (Å²) in [6, 6.07) is 2.49. The van der Waals surface area contributed by atoms with Crippen LogP contribution in [0.5, 0.6) is 5.75 Å². The summed E-state index contributed by atoms with van der Waals surface area (Å²) in [6.45, 7) is 11.7. The van der Waals surface area contributed by atoms with E-state index in [2.05, 4.69) is 44.9 Å². The normalized spacial score (nSPS) is 13.1. The summed E-state index contributed by atoms with van der Waals surface area (Å²) in [5, 5.41) is 3.41. The average Bonchev–Trinajstić information content (AvgIpc) is 2.26. The van der Waals surface area contributed by atoms with Gasteiger partial charge in [-0.2, -0.15) is 0 Å². The maximum atomic E-state index is 5.99. The van der Waals surface area contributed by atoms with E-state index in [1.54, 1.807) is 0 Å². The van der Waals surface area contributed by atoms with E-state index in [-0.39, 0.29) is 6.10 Å². The Bertz CT molecular complexity index is 350. The molecule has 0 spiro atoms. The van der Waals surface area contributed by atoms with Crippen molar-refractivity contribution in [1.82, 2.24) is 10.3 Å². The molecule has 3 nitrogen and oxygen atoms in total. The third kappa shape index (κ3) is 5.50. The van der Waals surface area contributed by atoms with E-state index in [9.17, 15) is 0 Å². The van der Waals surface area contributed by atoms with Crippen LogP contribution in [0.3, 0.4) is 0 Å². The monoisotopic (exact) mass is 250 g/mol. The fourth-order valence-electron chi connectivity index (χ4n) is 1.90. The Morgan fingerprint density at radius 1 is 1.22 bits per heavy atom. The molecule has 102 valence electrons. The molecule has 1 unspecified atom stereocenters. The van der Waals surface area contributed by atoms with Crippen molar-refractivity contribution < 1.29 is 4.74 Å². The smallest absolute Gasteiger partial charge is 0.142 e. The third-order valence-corrected chi connectivity index (χ3v) is 2.70. The second-order valence-electron chi connectivity index (χ2n) is 5.58. The summed E-state index contributed by atoms with van der Waals surface area (Å²) < 4.78 is 5.99. The van der Waals surface area contributed by atoms with Gasteiger partial charge in [-0.05, 0) is 25.3 Å². The molecule has 1 atom stereocenters. The fraction of sp³-hybridized carbons (Fsp3) is 0.667. The van der Waals surface area contributed by atoms with Crippen LogP contribution in [-0.4, -0.2) is 17.1 Å². The van der Waals surface area contributed by atoms with Crippen molar-refractivity contribution in [2.75, 3.05) is 0 Å². The molecule has 0 saturated heterocycles. The van der Waals surface area contributed by atoms with Gasteiger partial charge in [-0.3, -0.25) is 4.98 Å². The van der Waals surface area contributed by atoms with Crippen LogP contribution in [0.2, 0.25) is 0 Å². The molecular formula is C15H26N2O. The molecule has 1 aromatic heterocycles. The summed E-state index contributed by atoms with van der Waals surface area (Å²) in [5.74, 6) is 1.55. The van der Waals surface area contributed by atoms with E-state index in [4.69, 9.17) is 4.74 Å². The lowest BCUT2D eigenvalue weighted by atomic mass is 10.1. The van der Waals surface area contributed by atoms with Gasteiger partial charge < -0.3 is 10.1 Å². The number of pyridine rings is 1. The molecule has 0 amide bonds. The van der Waals surface area contributed by atoms with E-state index < -0.39 is 0 Å². The fourth-order valence-corrected chi connectivity index (χ4v) is 1.90. The van der Waals surface area contributed by atoms with Crippen molar-refractivity contribution in [3.05, 3.63) is 24.0 Å². The number of hydrogen-bond acceptors (Lipinski definition) is 3. The van der Waals surface area contributed by atoms with Crippen LogP contribution in [0, 0.1) is 5.92 Å². The van der Waals surface area contributed by atoms with Gasteiger partial charge in [0.25, 0.3) is 0 Å². The molecule has 0 aliphatic rings. The van der Waals surface area contributed by atoms with Gasteiger partial charge in [-0.25, -0.2) is 0 Å². The molecule has 1 N–H and O–H groups in total. The first kappa shape index (κ1) is 15.0. The topological polar surface area (TPSA) is 34.1 Å². The van der Waals surface area contributed by atoms with Crippen molar-refractivity contribution in [3.63, 3.8) is 0 Å². The number of nitrogens with zero attached hydrogens (tertiary/aromatic N) is 1. The Balaban J connectivity index is 2.63. The minimum absolute atomic E-state index is 0.229. The highest BCUT2D eigenvalue weighted by Gasteiger charge is 2.10. The highest BCUT2D eigenvalue weighted by atomic mass is 16.5. The van der Waals surface area contributed by atoms with Gasteiger partial charge in [0.2, 0.25) is 0 Å². The SMILES string of the molecule is CC(C)CC(C)Oc1cnccc1CNC(C)C. The first-order valence-corrected chi connectivity index (χ1v) is 6.82. The number of rotatable bonds is 7. The summed E-state index contributed by atoms with van der Waals surface area (Å²) >= 11 is 0. The molecule has 18 heavy (non-hydrogen) atoms. The Hall–Kier alpha value is -1.09. The highest BCUT2D eigenvalue weighted by molar-refractivity contribution is 5.29. The van der Waals surface area contributed by atoms with Gasteiger partial charge in [0.1, 0.15) is 5.75 Å². The van der Waals surface area contributed by atoms with Gasteiger partial charge in [0.05, 0.1) is 12.3 Å². The molecule has 0 aliphatic heterocycles. The summed E-state index contributed by atoms with van der Waals surface area (Å²) in [4.78, 5) is 4.15. The Morgan fingerprint density at radius 3 is 2.56 bits per heavy atom. The van der Waals surface area contributed by atoms with Gasteiger partial charge in [-0.1, -0.05) is 27.7 Å². The molecule has 3 heteroatoms. The van der Waals surface area contributed by atoms with E-state index in [0.29, 0.717) is 12.0 Å². The maximum Gasteiger partial charge on any atom is 0.142 e. The molecule has 0 bridgehead atoms. The summed E-state index contributed by atoms with van der Waals surface area (Å²) in [7, 11) is 0. The number of aromatic nitrogens is 1. The molecule has 0 aliphatic carbocycles. The predicted molar refractivity (Wildman–Crippen MR) is 75.8 cm³/mol. The molecular weight excluding hydrogens is 224 g/mol. The van der Waals surface area contributed by atoms with Crippen molar-refractivity contribution >= 4 is 0 Å². The second-order valence-corrected chi connectivity index (χ2v) is 5.58. The molecule has 0 aromatic carbocycles. The zero-order valence-electron chi connectivity index (χ0n) is 12.2. The molecule has 0 fully saturated rings. The maximum absolute atomic E-state index is 5.99. The quantitative estimate of drug-likeness (QED) is 0.805. The summed E-state index contributed by atoms with van der Waals surface area (Å²) in [5.41, 5.74) is 1.18. The van der Waals surface area contributed by atoms with Crippen LogP contribution < -0.4 is 10.1 Å². The molecule has 1 aromatic rings. The van der Waals surface area contributed by atoms with E-state index in [1.807, 2.05) is 18.5 Å². The van der Waals surface area contributed by atoms with Crippen LogP contribution >= 0.6 is 0 Å². The van der Waals surface area contributed by atoms with Gasteiger partial charge in [0.15, 0.2) is 0 Å². The Kier molecular flexibility index (Phi) is 6.13. The van der Waals surface area contributed by atoms with Crippen LogP contribution in [-0.2, 0) is 6.54 Å². The lowest BCUT2D eigenvalue weighted by Gasteiger charge is -2.19. The Morgan fingerprint density at radius 2 is 1.94 bits per heavy atom. The van der Waals surface area contributed by atoms with Gasteiger partial charge >= 0.3 is 0 Å². The predicted octanol–water partition coefficient (Wildman–Crippen LogP) is 3.39. The van der Waals surface area contributed by atoms with E-state index >= 15 is 0 Å². The number of hydrogen-bond donors (Lipinski definition) is 1. The van der Waals surface area contributed by atoms with Gasteiger partial charge in [0, 0.05) is 24.3 Å². The Labute approximate surface area is 111 Å². The average molecular weight is 250 g/mol. The second kappa shape index (κ2) is 7.37. The van der Waals surface area contributed by atoms with Crippen LogP contribution in [0.25, 0.3) is 0 Å².